The summed E-state index contributed by atoms with van der Waals surface area (Å²) in [7, 11) is 0. The third-order valence-electron chi connectivity index (χ3n) is 4.68. The minimum atomic E-state index is -0.300. The lowest BCUT2D eigenvalue weighted by atomic mass is 10.0. The first-order valence-electron chi connectivity index (χ1n) is 9.49. The van der Waals surface area contributed by atoms with Crippen LogP contribution in [0.25, 0.3) is 0 Å². The smallest absolute Gasteiger partial charge is 0.302 e. The van der Waals surface area contributed by atoms with Crippen LogP contribution in [0.15, 0.2) is 22.7 Å². The third kappa shape index (κ3) is 5.07. The van der Waals surface area contributed by atoms with E-state index >= 15 is 0 Å². The highest BCUT2D eigenvalue weighted by atomic mass is 16.5. The van der Waals surface area contributed by atoms with Crippen molar-refractivity contribution >= 4 is 5.97 Å². The Morgan fingerprint density at radius 3 is 2.93 bits per heavy atom. The lowest BCUT2D eigenvalue weighted by Crippen LogP contribution is -2.33. The second-order valence-corrected chi connectivity index (χ2v) is 6.82. The number of hydrogen-bond acceptors (Lipinski definition) is 7. The number of carbonyl (C=O) groups excluding carboxylic acids is 1. The van der Waals surface area contributed by atoms with Gasteiger partial charge in [-0.2, -0.15) is 4.98 Å². The largest absolute Gasteiger partial charge is 0.493 e. The summed E-state index contributed by atoms with van der Waals surface area (Å²) >= 11 is 0. The van der Waals surface area contributed by atoms with Crippen molar-refractivity contribution in [3.8, 4) is 5.75 Å². The fourth-order valence-corrected chi connectivity index (χ4v) is 3.46. The van der Waals surface area contributed by atoms with Crippen LogP contribution in [-0.4, -0.2) is 34.2 Å². The van der Waals surface area contributed by atoms with Crippen molar-refractivity contribution < 1.29 is 18.8 Å². The monoisotopic (exact) mass is 373 g/mol. The van der Waals surface area contributed by atoms with E-state index in [1.165, 1.54) is 6.92 Å². The summed E-state index contributed by atoms with van der Waals surface area (Å²) in [4.78, 5) is 18.0. The number of aromatic nitrogens is 2. The molecule has 3 rings (SSSR count). The van der Waals surface area contributed by atoms with Crippen molar-refractivity contribution in [3.05, 3.63) is 41.0 Å². The molecule has 146 valence electrons. The van der Waals surface area contributed by atoms with Gasteiger partial charge in [0.05, 0.1) is 12.6 Å². The zero-order valence-corrected chi connectivity index (χ0v) is 16.2. The third-order valence-corrected chi connectivity index (χ3v) is 4.68. The summed E-state index contributed by atoms with van der Waals surface area (Å²) < 4.78 is 16.3. The Hall–Kier alpha value is -2.41. The molecular formula is C20H27N3O4. The molecule has 1 aromatic carbocycles. The molecule has 7 nitrogen and oxygen atoms in total. The van der Waals surface area contributed by atoms with E-state index in [9.17, 15) is 4.79 Å². The van der Waals surface area contributed by atoms with Crippen molar-refractivity contribution in [2.45, 2.75) is 59.2 Å². The summed E-state index contributed by atoms with van der Waals surface area (Å²) in [6.45, 7) is 7.73. The van der Waals surface area contributed by atoms with E-state index in [1.54, 1.807) is 0 Å². The highest BCUT2D eigenvalue weighted by Crippen LogP contribution is 2.32. The number of rotatable bonds is 7. The van der Waals surface area contributed by atoms with Crippen LogP contribution in [-0.2, 0) is 22.7 Å². The van der Waals surface area contributed by atoms with Crippen LogP contribution in [0.1, 0.15) is 62.0 Å². The van der Waals surface area contributed by atoms with Gasteiger partial charge in [-0.3, -0.25) is 9.69 Å². The van der Waals surface area contributed by atoms with Crippen molar-refractivity contribution in [2.24, 2.45) is 0 Å². The molecule has 0 saturated carbocycles. The second-order valence-electron chi connectivity index (χ2n) is 6.82. The number of esters is 1. The van der Waals surface area contributed by atoms with E-state index in [2.05, 4.69) is 27.2 Å². The SMILES string of the molecule is CCOc1ccc(CN2CCCCC2c2nc(C)no2)cc1COC(C)=O. The maximum Gasteiger partial charge on any atom is 0.302 e. The van der Waals surface area contributed by atoms with Gasteiger partial charge in [0.25, 0.3) is 0 Å². The number of aryl methyl sites for hydroxylation is 1. The zero-order valence-electron chi connectivity index (χ0n) is 16.2. The van der Waals surface area contributed by atoms with Gasteiger partial charge in [-0.05, 0) is 50.9 Å². The Morgan fingerprint density at radius 2 is 2.22 bits per heavy atom. The molecule has 0 N–H and O–H groups in total. The number of nitrogens with zero attached hydrogens (tertiary/aromatic N) is 3. The lowest BCUT2D eigenvalue weighted by molar-refractivity contribution is -0.142. The maximum absolute atomic E-state index is 11.2. The average Bonchev–Trinajstić information content (AvgIpc) is 3.08. The Balaban J connectivity index is 1.78. The van der Waals surface area contributed by atoms with Gasteiger partial charge in [0.1, 0.15) is 12.4 Å². The van der Waals surface area contributed by atoms with E-state index in [0.717, 1.165) is 49.2 Å². The van der Waals surface area contributed by atoms with Crippen LogP contribution >= 0.6 is 0 Å². The van der Waals surface area contributed by atoms with E-state index in [4.69, 9.17) is 14.0 Å². The molecule has 1 unspecified atom stereocenters. The maximum atomic E-state index is 11.2. The number of likely N-dealkylation sites (tertiary alicyclic amines) is 1. The van der Waals surface area contributed by atoms with Crippen LogP contribution in [0.4, 0.5) is 0 Å². The predicted molar refractivity (Wildman–Crippen MR) is 99.1 cm³/mol. The molecule has 1 aliphatic rings. The molecule has 1 fully saturated rings. The molecule has 0 radical (unpaired) electrons. The van der Waals surface area contributed by atoms with Crippen LogP contribution < -0.4 is 4.74 Å². The van der Waals surface area contributed by atoms with E-state index in [-0.39, 0.29) is 18.6 Å². The van der Waals surface area contributed by atoms with Crippen LogP contribution in [0, 0.1) is 6.92 Å². The number of piperidine rings is 1. The molecule has 2 aromatic rings. The van der Waals surface area contributed by atoms with Gasteiger partial charge < -0.3 is 14.0 Å². The van der Waals surface area contributed by atoms with Gasteiger partial charge in [0.2, 0.25) is 5.89 Å². The van der Waals surface area contributed by atoms with Gasteiger partial charge in [0.15, 0.2) is 5.82 Å². The Morgan fingerprint density at radius 1 is 1.37 bits per heavy atom. The molecule has 1 saturated heterocycles. The first-order chi connectivity index (χ1) is 13.1. The molecular weight excluding hydrogens is 346 g/mol. The molecule has 1 aliphatic heterocycles. The number of benzene rings is 1. The van der Waals surface area contributed by atoms with Crippen molar-refractivity contribution in [1.29, 1.82) is 0 Å². The zero-order chi connectivity index (χ0) is 19.2. The van der Waals surface area contributed by atoms with Crippen LogP contribution in [0.3, 0.4) is 0 Å². The van der Waals surface area contributed by atoms with Crippen molar-refractivity contribution in [1.82, 2.24) is 15.0 Å². The van der Waals surface area contributed by atoms with E-state index in [1.807, 2.05) is 19.9 Å². The number of hydrogen-bond donors (Lipinski definition) is 0. The van der Waals surface area contributed by atoms with Crippen molar-refractivity contribution in [3.63, 3.8) is 0 Å². The average molecular weight is 373 g/mol. The molecule has 0 aliphatic carbocycles. The molecule has 27 heavy (non-hydrogen) atoms. The molecule has 7 heteroatoms. The minimum Gasteiger partial charge on any atom is -0.493 e. The molecule has 0 amide bonds. The van der Waals surface area contributed by atoms with Gasteiger partial charge in [-0.1, -0.05) is 17.6 Å². The number of ether oxygens (including phenoxy) is 2. The molecule has 1 atom stereocenters. The van der Waals surface area contributed by atoms with Gasteiger partial charge in [0, 0.05) is 19.0 Å². The van der Waals surface area contributed by atoms with E-state index in [0.29, 0.717) is 18.3 Å². The highest BCUT2D eigenvalue weighted by molar-refractivity contribution is 5.66. The first-order valence-corrected chi connectivity index (χ1v) is 9.49. The summed E-state index contributed by atoms with van der Waals surface area (Å²) in [5, 5.41) is 3.94. The van der Waals surface area contributed by atoms with Crippen LogP contribution in [0.5, 0.6) is 5.75 Å². The summed E-state index contributed by atoms with van der Waals surface area (Å²) in [5.74, 6) is 1.81. The van der Waals surface area contributed by atoms with Crippen LogP contribution in [0.2, 0.25) is 0 Å². The van der Waals surface area contributed by atoms with Gasteiger partial charge in [-0.15, -0.1) is 0 Å². The fourth-order valence-electron chi connectivity index (χ4n) is 3.46. The molecule has 0 spiro atoms. The lowest BCUT2D eigenvalue weighted by Gasteiger charge is -2.33. The Bertz CT molecular complexity index is 774. The summed E-state index contributed by atoms with van der Waals surface area (Å²) in [6, 6.07) is 6.21. The summed E-state index contributed by atoms with van der Waals surface area (Å²) in [5.41, 5.74) is 2.02. The fraction of sp³-hybridized carbons (Fsp3) is 0.550. The second kappa shape index (κ2) is 8.99. The highest BCUT2D eigenvalue weighted by Gasteiger charge is 2.28. The van der Waals surface area contributed by atoms with Gasteiger partial charge in [-0.25, -0.2) is 0 Å². The van der Waals surface area contributed by atoms with Gasteiger partial charge >= 0.3 is 5.97 Å². The molecule has 0 bridgehead atoms. The number of carbonyl (C=O) groups is 1. The topological polar surface area (TPSA) is 77.7 Å². The quantitative estimate of drug-likeness (QED) is 0.687. The Labute approximate surface area is 159 Å². The Kier molecular flexibility index (Phi) is 6.45. The van der Waals surface area contributed by atoms with E-state index < -0.39 is 0 Å². The summed E-state index contributed by atoms with van der Waals surface area (Å²) in [6.07, 6.45) is 3.32. The predicted octanol–water partition coefficient (Wildman–Crippen LogP) is 3.57. The first kappa shape index (κ1) is 19.4. The standard InChI is InChI=1S/C20H27N3O4/c1-4-25-19-9-8-16(11-17(19)13-26-15(3)24)12-23-10-6-5-7-18(23)20-21-14(2)22-27-20/h8-9,11,18H,4-7,10,12-13H2,1-3H3. The molecule has 1 aromatic heterocycles. The minimum absolute atomic E-state index is 0.142. The van der Waals surface area contributed by atoms with Crippen molar-refractivity contribution in [2.75, 3.05) is 13.2 Å². The molecule has 2 heterocycles. The normalized spacial score (nSPS) is 17.7.